The first-order valence-electron chi connectivity index (χ1n) is 5.97. The van der Waals surface area contributed by atoms with E-state index >= 15 is 0 Å². The number of rotatable bonds is 1. The van der Waals surface area contributed by atoms with Gasteiger partial charge in [-0.25, -0.2) is 4.98 Å². The summed E-state index contributed by atoms with van der Waals surface area (Å²) >= 11 is 1.66. The molecule has 17 heavy (non-hydrogen) atoms. The Morgan fingerprint density at radius 1 is 1.41 bits per heavy atom. The Balaban J connectivity index is 2.31. The van der Waals surface area contributed by atoms with Gasteiger partial charge in [0.2, 0.25) is 0 Å². The summed E-state index contributed by atoms with van der Waals surface area (Å²) < 4.78 is 0. The third-order valence-electron chi connectivity index (χ3n) is 3.27. The van der Waals surface area contributed by atoms with Crippen molar-refractivity contribution in [1.29, 1.82) is 0 Å². The molecule has 2 aromatic rings. The van der Waals surface area contributed by atoms with Gasteiger partial charge in [-0.2, -0.15) is 0 Å². The maximum absolute atomic E-state index is 12.1. The quantitative estimate of drug-likeness (QED) is 0.810. The SMILES string of the molecule is CC(N)c1nc2sc3c(c2c(=O)[nH]1)CCCC3. The van der Waals surface area contributed by atoms with Gasteiger partial charge in [-0.1, -0.05) is 0 Å². The number of fused-ring (bicyclic) bond motifs is 3. The lowest BCUT2D eigenvalue weighted by Crippen LogP contribution is -2.17. The molecule has 2 heterocycles. The van der Waals surface area contributed by atoms with Gasteiger partial charge in [-0.3, -0.25) is 4.79 Å². The number of nitrogens with one attached hydrogen (secondary N) is 1. The lowest BCUT2D eigenvalue weighted by Gasteiger charge is -2.09. The van der Waals surface area contributed by atoms with Crippen LogP contribution in [-0.4, -0.2) is 9.97 Å². The smallest absolute Gasteiger partial charge is 0.259 e. The van der Waals surface area contributed by atoms with Gasteiger partial charge in [-0.15, -0.1) is 11.3 Å². The van der Waals surface area contributed by atoms with E-state index in [1.54, 1.807) is 11.3 Å². The molecule has 0 aromatic carbocycles. The van der Waals surface area contributed by atoms with E-state index in [9.17, 15) is 4.79 Å². The normalized spacial score (nSPS) is 17.1. The number of thiophene rings is 1. The van der Waals surface area contributed by atoms with Crippen LogP contribution in [0.1, 0.15) is 42.1 Å². The largest absolute Gasteiger partial charge is 0.322 e. The highest BCUT2D eigenvalue weighted by atomic mass is 32.1. The fourth-order valence-electron chi connectivity index (χ4n) is 2.40. The second-order valence-electron chi connectivity index (χ2n) is 4.63. The maximum Gasteiger partial charge on any atom is 0.259 e. The number of aryl methyl sites for hydroxylation is 2. The van der Waals surface area contributed by atoms with Crippen molar-refractivity contribution in [2.24, 2.45) is 5.73 Å². The van der Waals surface area contributed by atoms with Gasteiger partial charge in [0.25, 0.3) is 5.56 Å². The summed E-state index contributed by atoms with van der Waals surface area (Å²) in [6.07, 6.45) is 4.49. The molecule has 0 amide bonds. The minimum absolute atomic E-state index is 0.0262. The van der Waals surface area contributed by atoms with Crippen molar-refractivity contribution in [3.63, 3.8) is 0 Å². The minimum Gasteiger partial charge on any atom is -0.322 e. The zero-order valence-electron chi connectivity index (χ0n) is 9.75. The molecule has 0 aliphatic heterocycles. The van der Waals surface area contributed by atoms with Crippen LogP contribution in [0.25, 0.3) is 10.2 Å². The van der Waals surface area contributed by atoms with E-state index in [1.807, 2.05) is 6.92 Å². The predicted octanol–water partition coefficient (Wildman–Crippen LogP) is 1.88. The van der Waals surface area contributed by atoms with Crippen molar-refractivity contribution >= 4 is 21.6 Å². The molecular weight excluding hydrogens is 234 g/mol. The van der Waals surface area contributed by atoms with Crippen LogP contribution in [0.5, 0.6) is 0 Å². The van der Waals surface area contributed by atoms with Crippen LogP contribution in [0.2, 0.25) is 0 Å². The van der Waals surface area contributed by atoms with Gasteiger partial charge in [0.15, 0.2) is 0 Å². The highest BCUT2D eigenvalue weighted by Crippen LogP contribution is 2.33. The standard InChI is InChI=1S/C12H15N3OS/c1-6(13)10-14-11(16)9-7-4-2-3-5-8(7)17-12(9)15-10/h6H,2-5,13H2,1H3,(H,14,15,16). The molecule has 5 heteroatoms. The summed E-state index contributed by atoms with van der Waals surface area (Å²) in [4.78, 5) is 21.6. The summed E-state index contributed by atoms with van der Waals surface area (Å²) in [5, 5.41) is 0.800. The Hall–Kier alpha value is -1.20. The van der Waals surface area contributed by atoms with Gasteiger partial charge in [0.1, 0.15) is 10.7 Å². The number of nitrogens with two attached hydrogens (primary N) is 1. The fraction of sp³-hybridized carbons (Fsp3) is 0.500. The summed E-state index contributed by atoms with van der Waals surface area (Å²) in [7, 11) is 0. The molecular formula is C12H15N3OS. The molecule has 3 N–H and O–H groups in total. The van der Waals surface area contributed by atoms with Crippen LogP contribution in [0, 0.1) is 0 Å². The molecule has 90 valence electrons. The van der Waals surface area contributed by atoms with E-state index in [2.05, 4.69) is 9.97 Å². The molecule has 1 aliphatic carbocycles. The molecule has 0 fully saturated rings. The van der Waals surface area contributed by atoms with Gasteiger partial charge in [0.05, 0.1) is 11.4 Å². The molecule has 1 aliphatic rings. The highest BCUT2D eigenvalue weighted by Gasteiger charge is 2.20. The number of aromatic amines is 1. The van der Waals surface area contributed by atoms with Gasteiger partial charge in [0, 0.05) is 4.88 Å². The first kappa shape index (κ1) is 10.9. The number of nitrogens with zero attached hydrogens (tertiary/aromatic N) is 1. The molecule has 4 nitrogen and oxygen atoms in total. The van der Waals surface area contributed by atoms with Gasteiger partial charge in [-0.05, 0) is 38.2 Å². The third-order valence-corrected chi connectivity index (χ3v) is 4.46. The lowest BCUT2D eigenvalue weighted by molar-refractivity contribution is 0.699. The zero-order valence-corrected chi connectivity index (χ0v) is 10.6. The molecule has 0 radical (unpaired) electrons. The topological polar surface area (TPSA) is 71.8 Å². The molecule has 0 bridgehead atoms. The van der Waals surface area contributed by atoms with E-state index in [0.29, 0.717) is 5.82 Å². The number of H-pyrrole nitrogens is 1. The van der Waals surface area contributed by atoms with Crippen molar-refractivity contribution in [1.82, 2.24) is 9.97 Å². The van der Waals surface area contributed by atoms with Crippen molar-refractivity contribution in [3.05, 3.63) is 26.6 Å². The maximum atomic E-state index is 12.1. The van der Waals surface area contributed by atoms with Crippen LogP contribution in [0.3, 0.4) is 0 Å². The van der Waals surface area contributed by atoms with Crippen LogP contribution >= 0.6 is 11.3 Å². The molecule has 3 rings (SSSR count). The number of hydrogen-bond donors (Lipinski definition) is 2. The first-order valence-corrected chi connectivity index (χ1v) is 6.78. The van der Waals surface area contributed by atoms with E-state index in [4.69, 9.17) is 5.73 Å². The molecule has 0 saturated carbocycles. The van der Waals surface area contributed by atoms with E-state index < -0.39 is 0 Å². The summed E-state index contributed by atoms with van der Waals surface area (Å²) in [5.74, 6) is 0.584. The zero-order chi connectivity index (χ0) is 12.0. The second-order valence-corrected chi connectivity index (χ2v) is 5.71. The molecule has 1 unspecified atom stereocenters. The highest BCUT2D eigenvalue weighted by molar-refractivity contribution is 7.18. The predicted molar refractivity (Wildman–Crippen MR) is 69.5 cm³/mol. The van der Waals surface area contributed by atoms with E-state index in [1.165, 1.54) is 23.3 Å². The first-order chi connectivity index (χ1) is 8.16. The van der Waals surface area contributed by atoms with Gasteiger partial charge < -0.3 is 10.7 Å². The van der Waals surface area contributed by atoms with Crippen molar-refractivity contribution in [3.8, 4) is 0 Å². The van der Waals surface area contributed by atoms with Crippen LogP contribution in [-0.2, 0) is 12.8 Å². The fourth-order valence-corrected chi connectivity index (χ4v) is 3.67. The third kappa shape index (κ3) is 1.70. The molecule has 0 saturated heterocycles. The Morgan fingerprint density at radius 3 is 2.94 bits per heavy atom. The Bertz CT molecular complexity index is 626. The van der Waals surface area contributed by atoms with Crippen molar-refractivity contribution in [2.75, 3.05) is 0 Å². The Morgan fingerprint density at radius 2 is 2.18 bits per heavy atom. The summed E-state index contributed by atoms with van der Waals surface area (Å²) in [5.41, 5.74) is 6.96. The Labute approximate surface area is 103 Å². The van der Waals surface area contributed by atoms with Crippen molar-refractivity contribution < 1.29 is 0 Å². The lowest BCUT2D eigenvalue weighted by atomic mass is 9.97. The van der Waals surface area contributed by atoms with Crippen LogP contribution in [0.15, 0.2) is 4.79 Å². The minimum atomic E-state index is -0.230. The van der Waals surface area contributed by atoms with E-state index in [-0.39, 0.29) is 11.6 Å². The average Bonchev–Trinajstić information content (AvgIpc) is 2.67. The molecule has 0 spiro atoms. The van der Waals surface area contributed by atoms with Crippen molar-refractivity contribution in [2.45, 2.75) is 38.6 Å². The molecule has 1 atom stereocenters. The second kappa shape index (κ2) is 3.92. The Kier molecular flexibility index (Phi) is 2.52. The van der Waals surface area contributed by atoms with Crippen LogP contribution in [0.4, 0.5) is 0 Å². The monoisotopic (exact) mass is 249 g/mol. The number of hydrogen-bond acceptors (Lipinski definition) is 4. The van der Waals surface area contributed by atoms with Gasteiger partial charge >= 0.3 is 0 Å². The van der Waals surface area contributed by atoms with Crippen LogP contribution < -0.4 is 11.3 Å². The molecule has 2 aromatic heterocycles. The average molecular weight is 249 g/mol. The van der Waals surface area contributed by atoms with E-state index in [0.717, 1.165) is 23.1 Å². The summed E-state index contributed by atoms with van der Waals surface area (Å²) in [6, 6.07) is -0.230. The summed E-state index contributed by atoms with van der Waals surface area (Å²) in [6.45, 7) is 1.83. The number of aromatic nitrogens is 2.